The van der Waals surface area contributed by atoms with Gasteiger partial charge < -0.3 is 19.9 Å². The predicted molar refractivity (Wildman–Crippen MR) is 67.3 cm³/mol. The van der Waals surface area contributed by atoms with Gasteiger partial charge in [-0.05, 0) is 20.0 Å². The average Bonchev–Trinajstić information content (AvgIpc) is 2.44. The minimum Gasteiger partial charge on any atom is -0.491 e. The van der Waals surface area contributed by atoms with Gasteiger partial charge in [0.15, 0.2) is 0 Å². The molecule has 1 aromatic rings. The lowest BCUT2D eigenvalue weighted by molar-refractivity contribution is -0.148. The average molecular weight is 253 g/mol. The van der Waals surface area contributed by atoms with Gasteiger partial charge in [-0.1, -0.05) is 18.2 Å². The quantitative estimate of drug-likeness (QED) is 0.731. The minimum absolute atomic E-state index is 0.106. The Labute approximate surface area is 107 Å². The number of aliphatic hydroxyl groups excluding tert-OH is 1. The van der Waals surface area contributed by atoms with E-state index >= 15 is 0 Å². The van der Waals surface area contributed by atoms with Gasteiger partial charge in [-0.25, -0.2) is 4.79 Å². The number of nitrogens with one attached hydrogen (secondary N) is 1. The number of hydrogen-bond acceptors (Lipinski definition) is 5. The Morgan fingerprint density at radius 3 is 2.67 bits per heavy atom. The Bertz CT molecular complexity index is 408. The first-order valence-corrected chi connectivity index (χ1v) is 5.66. The molecule has 0 saturated carbocycles. The number of hydrogen-bond donors (Lipinski definition) is 2. The Hall–Kier alpha value is -1.59. The maximum atomic E-state index is 11.6. The number of aliphatic hydroxyl groups is 1. The summed E-state index contributed by atoms with van der Waals surface area (Å²) < 4.78 is 10.3. The van der Waals surface area contributed by atoms with E-state index in [9.17, 15) is 9.90 Å². The molecule has 5 nitrogen and oxygen atoms in total. The van der Waals surface area contributed by atoms with Crippen molar-refractivity contribution in [3.05, 3.63) is 29.8 Å². The minimum atomic E-state index is -0.919. The second-order valence-electron chi connectivity index (χ2n) is 4.13. The van der Waals surface area contributed by atoms with Gasteiger partial charge in [0.05, 0.1) is 13.7 Å². The van der Waals surface area contributed by atoms with Crippen molar-refractivity contribution in [2.24, 2.45) is 0 Å². The first kappa shape index (κ1) is 14.5. The third-order valence-corrected chi connectivity index (χ3v) is 2.85. The first-order valence-electron chi connectivity index (χ1n) is 5.66. The van der Waals surface area contributed by atoms with Crippen molar-refractivity contribution in [1.82, 2.24) is 5.32 Å². The third-order valence-electron chi connectivity index (χ3n) is 2.85. The molecule has 0 radical (unpaired) electrons. The first-order chi connectivity index (χ1) is 8.57. The molecule has 2 N–H and O–H groups in total. The number of ether oxygens (including phenoxy) is 2. The van der Waals surface area contributed by atoms with Crippen LogP contribution < -0.4 is 10.1 Å². The fourth-order valence-electron chi connectivity index (χ4n) is 1.46. The van der Waals surface area contributed by atoms with E-state index in [4.69, 9.17) is 9.47 Å². The smallest absolute Gasteiger partial charge is 0.329 e. The van der Waals surface area contributed by atoms with E-state index in [2.05, 4.69) is 5.32 Å². The van der Waals surface area contributed by atoms with Crippen LogP contribution in [0.1, 0.15) is 12.5 Å². The highest BCUT2D eigenvalue weighted by Crippen LogP contribution is 2.19. The molecule has 0 bridgehead atoms. The Balaban J connectivity index is 2.77. The molecule has 0 aliphatic carbocycles. The summed E-state index contributed by atoms with van der Waals surface area (Å²) in [4.78, 5) is 11.6. The van der Waals surface area contributed by atoms with Crippen LogP contribution in [0.5, 0.6) is 5.75 Å². The van der Waals surface area contributed by atoms with Gasteiger partial charge in [0.25, 0.3) is 0 Å². The highest BCUT2D eigenvalue weighted by atomic mass is 16.5. The number of likely N-dealkylation sites (N-methyl/N-ethyl adjacent to an activating group) is 1. The van der Waals surface area contributed by atoms with Crippen LogP contribution in [-0.4, -0.2) is 37.4 Å². The number of para-hydroxylation sites is 1. The zero-order valence-corrected chi connectivity index (χ0v) is 10.9. The van der Waals surface area contributed by atoms with Gasteiger partial charge in [-0.15, -0.1) is 0 Å². The zero-order chi connectivity index (χ0) is 13.6. The highest BCUT2D eigenvalue weighted by Gasteiger charge is 2.33. The maximum Gasteiger partial charge on any atom is 0.329 e. The zero-order valence-electron chi connectivity index (χ0n) is 10.9. The summed E-state index contributed by atoms with van der Waals surface area (Å²) in [5.74, 6) is 0.164. The van der Waals surface area contributed by atoms with Crippen LogP contribution >= 0.6 is 0 Å². The molecule has 1 aromatic carbocycles. The van der Waals surface area contributed by atoms with Crippen molar-refractivity contribution >= 4 is 5.97 Å². The van der Waals surface area contributed by atoms with E-state index in [1.165, 1.54) is 7.11 Å². The van der Waals surface area contributed by atoms with Crippen molar-refractivity contribution in [2.45, 2.75) is 19.1 Å². The largest absolute Gasteiger partial charge is 0.491 e. The predicted octanol–water partition coefficient (Wildman–Crippen LogP) is 0.709. The summed E-state index contributed by atoms with van der Waals surface area (Å²) in [5, 5.41) is 12.0. The summed E-state index contributed by atoms with van der Waals surface area (Å²) in [6.07, 6.45) is 0. The third kappa shape index (κ3) is 3.21. The second-order valence-corrected chi connectivity index (χ2v) is 4.13. The number of benzene rings is 1. The topological polar surface area (TPSA) is 67.8 Å². The summed E-state index contributed by atoms with van der Waals surface area (Å²) in [6, 6.07) is 7.14. The van der Waals surface area contributed by atoms with Crippen molar-refractivity contribution in [2.75, 3.05) is 20.8 Å². The van der Waals surface area contributed by atoms with E-state index in [1.807, 2.05) is 12.1 Å². The van der Waals surface area contributed by atoms with Gasteiger partial charge in [0.1, 0.15) is 17.9 Å². The van der Waals surface area contributed by atoms with Crippen LogP contribution in [0.2, 0.25) is 0 Å². The fourth-order valence-corrected chi connectivity index (χ4v) is 1.46. The van der Waals surface area contributed by atoms with Crippen LogP contribution in [0, 0.1) is 0 Å². The van der Waals surface area contributed by atoms with E-state index in [0.29, 0.717) is 11.3 Å². The molecule has 0 aromatic heterocycles. The lowest BCUT2D eigenvalue weighted by atomic mass is 10.0. The molecule has 0 fully saturated rings. The van der Waals surface area contributed by atoms with Crippen LogP contribution in [0.15, 0.2) is 24.3 Å². The van der Waals surface area contributed by atoms with E-state index in [-0.39, 0.29) is 13.2 Å². The summed E-state index contributed by atoms with van der Waals surface area (Å²) in [7, 11) is 3.00. The normalized spacial score (nSPS) is 13.8. The second kappa shape index (κ2) is 6.37. The van der Waals surface area contributed by atoms with Gasteiger partial charge in [-0.2, -0.15) is 0 Å². The number of methoxy groups -OCH3 is 1. The molecule has 5 heteroatoms. The molecule has 1 unspecified atom stereocenters. The molecule has 0 spiro atoms. The molecule has 0 heterocycles. The molecular weight excluding hydrogens is 234 g/mol. The van der Waals surface area contributed by atoms with Crippen LogP contribution in [0.25, 0.3) is 0 Å². The number of esters is 1. The summed E-state index contributed by atoms with van der Waals surface area (Å²) in [5.41, 5.74) is -0.238. The lowest BCUT2D eigenvalue weighted by Crippen LogP contribution is -2.52. The molecule has 100 valence electrons. The molecule has 0 aliphatic rings. The van der Waals surface area contributed by atoms with Crippen molar-refractivity contribution in [1.29, 1.82) is 0 Å². The van der Waals surface area contributed by atoms with Gasteiger partial charge in [0.2, 0.25) is 0 Å². The number of carbonyl (C=O) groups excluding carboxylic acids is 1. The van der Waals surface area contributed by atoms with Gasteiger partial charge in [-0.3, -0.25) is 0 Å². The van der Waals surface area contributed by atoms with Crippen molar-refractivity contribution in [3.8, 4) is 5.75 Å². The standard InChI is InChI=1S/C13H19NO4/c1-13(14-2,12(16)17-3)9-18-11-7-5-4-6-10(11)8-15/h4-7,14-15H,8-9H2,1-3H3. The molecule has 18 heavy (non-hydrogen) atoms. The lowest BCUT2D eigenvalue weighted by Gasteiger charge is -2.26. The van der Waals surface area contributed by atoms with E-state index in [0.717, 1.165) is 0 Å². The molecular formula is C13H19NO4. The van der Waals surface area contributed by atoms with E-state index in [1.54, 1.807) is 26.1 Å². The number of rotatable bonds is 6. The fraction of sp³-hybridized carbons (Fsp3) is 0.462. The van der Waals surface area contributed by atoms with Crippen LogP contribution in [-0.2, 0) is 16.1 Å². The molecule has 1 atom stereocenters. The Morgan fingerprint density at radius 2 is 2.11 bits per heavy atom. The van der Waals surface area contributed by atoms with Gasteiger partial charge >= 0.3 is 5.97 Å². The molecule has 0 saturated heterocycles. The Kier molecular flexibility index (Phi) is 5.12. The van der Waals surface area contributed by atoms with Crippen LogP contribution in [0.3, 0.4) is 0 Å². The molecule has 0 aliphatic heterocycles. The molecule has 0 amide bonds. The van der Waals surface area contributed by atoms with E-state index < -0.39 is 11.5 Å². The SMILES string of the molecule is CNC(C)(COc1ccccc1CO)C(=O)OC. The number of carbonyl (C=O) groups is 1. The maximum absolute atomic E-state index is 11.6. The van der Waals surface area contributed by atoms with Crippen molar-refractivity contribution < 1.29 is 19.4 Å². The summed E-state index contributed by atoms with van der Waals surface area (Å²) >= 11 is 0. The van der Waals surface area contributed by atoms with Gasteiger partial charge in [0, 0.05) is 5.56 Å². The highest BCUT2D eigenvalue weighted by molar-refractivity contribution is 5.80. The Morgan fingerprint density at radius 1 is 1.44 bits per heavy atom. The monoisotopic (exact) mass is 253 g/mol. The molecule has 1 rings (SSSR count). The van der Waals surface area contributed by atoms with Crippen molar-refractivity contribution in [3.63, 3.8) is 0 Å². The van der Waals surface area contributed by atoms with Crippen LogP contribution in [0.4, 0.5) is 0 Å². The summed E-state index contributed by atoms with van der Waals surface area (Å²) in [6.45, 7) is 1.71.